The average molecular weight is 477 g/mol. The molecule has 2 aliphatic rings. The zero-order chi connectivity index (χ0) is 26.0. The molecule has 0 bridgehead atoms. The first kappa shape index (κ1) is 29.1. The molecule has 0 aromatic rings. The second kappa shape index (κ2) is 12.7. The molecule has 0 aromatic carbocycles. The minimum absolute atomic E-state index is 0.0505. The summed E-state index contributed by atoms with van der Waals surface area (Å²) in [6.45, 7) is 31.2. The Balaban J connectivity index is 2.09. The highest BCUT2D eigenvalue weighted by atomic mass is 15.4. The standard InChI is InChI=1S/C33H52N2/c1-9-32(7)22-15-18-30(20-24-32)28-34(11-3,12-4)26-17-27-35(13-5,14-6)29-31-19-16-23-33(8,10-2)25-21-31/h9-10,15-16,18-25H,1-2,11-14,17,26-29H2,3-8H3/q+2. The van der Waals surface area contributed by atoms with Gasteiger partial charge in [0.2, 0.25) is 0 Å². The zero-order valence-electron chi connectivity index (χ0n) is 23.6. The molecule has 0 N–H and O–H groups in total. The number of allylic oxidation sites excluding steroid dienone is 10. The fourth-order valence-corrected chi connectivity index (χ4v) is 5.24. The topological polar surface area (TPSA) is 0 Å². The van der Waals surface area contributed by atoms with Crippen molar-refractivity contribution in [3.63, 3.8) is 0 Å². The first-order valence-electron chi connectivity index (χ1n) is 13.8. The van der Waals surface area contributed by atoms with Crippen molar-refractivity contribution in [3.8, 4) is 0 Å². The van der Waals surface area contributed by atoms with Gasteiger partial charge in [0.25, 0.3) is 0 Å². The van der Waals surface area contributed by atoms with Gasteiger partial charge in [-0.3, -0.25) is 0 Å². The van der Waals surface area contributed by atoms with Gasteiger partial charge in [-0.15, -0.1) is 13.2 Å². The van der Waals surface area contributed by atoms with Crippen LogP contribution < -0.4 is 0 Å². The van der Waals surface area contributed by atoms with Crippen molar-refractivity contribution in [1.82, 2.24) is 0 Å². The van der Waals surface area contributed by atoms with Crippen LogP contribution in [0.5, 0.6) is 0 Å². The largest absolute Gasteiger partial charge is 0.320 e. The smallest absolute Gasteiger partial charge is 0.104 e. The average Bonchev–Trinajstić information content (AvgIpc) is 3.18. The monoisotopic (exact) mass is 476 g/mol. The molecule has 2 nitrogen and oxygen atoms in total. The summed E-state index contributed by atoms with van der Waals surface area (Å²) in [6.07, 6.45) is 28.1. The van der Waals surface area contributed by atoms with E-state index in [0.29, 0.717) is 0 Å². The number of hydrogen-bond donors (Lipinski definition) is 0. The third-order valence-corrected chi connectivity index (χ3v) is 8.71. The van der Waals surface area contributed by atoms with Crippen LogP contribution in [0.25, 0.3) is 0 Å². The Morgan fingerprint density at radius 3 is 1.34 bits per heavy atom. The van der Waals surface area contributed by atoms with Gasteiger partial charge in [0, 0.05) is 28.4 Å². The third kappa shape index (κ3) is 7.92. The van der Waals surface area contributed by atoms with Crippen molar-refractivity contribution in [2.75, 3.05) is 52.4 Å². The summed E-state index contributed by atoms with van der Waals surface area (Å²) in [5.74, 6) is 0. The van der Waals surface area contributed by atoms with E-state index in [4.69, 9.17) is 0 Å². The number of nitrogens with zero attached hydrogens (tertiary/aromatic N) is 2. The van der Waals surface area contributed by atoms with Gasteiger partial charge >= 0.3 is 0 Å². The second-order valence-electron chi connectivity index (χ2n) is 11.1. The summed E-state index contributed by atoms with van der Waals surface area (Å²) in [5, 5.41) is 0. The number of quaternary nitrogens is 2. The first-order valence-corrected chi connectivity index (χ1v) is 13.8. The highest BCUT2D eigenvalue weighted by Gasteiger charge is 2.29. The fraction of sp³-hybridized carbons (Fsp3) is 0.515. The Kier molecular flexibility index (Phi) is 10.5. The predicted molar refractivity (Wildman–Crippen MR) is 156 cm³/mol. The molecule has 0 fully saturated rings. The molecule has 0 aromatic heterocycles. The molecule has 2 aliphatic carbocycles. The Hall–Kier alpha value is -2.16. The van der Waals surface area contributed by atoms with E-state index in [9.17, 15) is 0 Å². The molecule has 0 aliphatic heterocycles. The van der Waals surface area contributed by atoms with Gasteiger partial charge in [-0.2, -0.15) is 0 Å². The molecule has 2 rings (SSSR count). The molecular formula is C33H52N2+2. The van der Waals surface area contributed by atoms with E-state index >= 15 is 0 Å². The highest BCUT2D eigenvalue weighted by molar-refractivity contribution is 5.35. The van der Waals surface area contributed by atoms with E-state index in [1.807, 2.05) is 12.2 Å². The lowest BCUT2D eigenvalue weighted by Gasteiger charge is -2.41. The normalized spacial score (nSPS) is 24.5. The van der Waals surface area contributed by atoms with E-state index in [-0.39, 0.29) is 10.8 Å². The molecule has 0 amide bonds. The van der Waals surface area contributed by atoms with Crippen molar-refractivity contribution in [3.05, 3.63) is 97.2 Å². The maximum absolute atomic E-state index is 4.02. The van der Waals surface area contributed by atoms with Crippen LogP contribution in [0.2, 0.25) is 0 Å². The van der Waals surface area contributed by atoms with Crippen LogP contribution in [0, 0.1) is 10.8 Å². The summed E-state index contributed by atoms with van der Waals surface area (Å²) in [7, 11) is 0. The van der Waals surface area contributed by atoms with E-state index < -0.39 is 0 Å². The third-order valence-electron chi connectivity index (χ3n) is 8.71. The molecule has 2 atom stereocenters. The summed E-state index contributed by atoms with van der Waals surface area (Å²) in [5.41, 5.74) is 2.75. The Bertz CT molecular complexity index is 827. The highest BCUT2D eigenvalue weighted by Crippen LogP contribution is 2.28. The van der Waals surface area contributed by atoms with Crippen LogP contribution in [-0.4, -0.2) is 61.3 Å². The number of hydrogen-bond acceptors (Lipinski definition) is 0. The Morgan fingerprint density at radius 1 is 0.657 bits per heavy atom. The van der Waals surface area contributed by atoms with Crippen molar-refractivity contribution >= 4 is 0 Å². The van der Waals surface area contributed by atoms with Crippen LogP contribution >= 0.6 is 0 Å². The van der Waals surface area contributed by atoms with Crippen molar-refractivity contribution in [2.45, 2.75) is 48.0 Å². The van der Waals surface area contributed by atoms with Crippen LogP contribution in [-0.2, 0) is 0 Å². The minimum atomic E-state index is -0.0505. The van der Waals surface area contributed by atoms with Crippen LogP contribution in [0.15, 0.2) is 97.2 Å². The minimum Gasteiger partial charge on any atom is -0.320 e. The van der Waals surface area contributed by atoms with Gasteiger partial charge in [0.05, 0.1) is 39.3 Å². The van der Waals surface area contributed by atoms with Gasteiger partial charge in [-0.1, -0.05) is 72.9 Å². The molecule has 0 saturated heterocycles. The van der Waals surface area contributed by atoms with Gasteiger partial charge < -0.3 is 8.97 Å². The summed E-state index contributed by atoms with van der Waals surface area (Å²) in [6, 6.07) is 0. The fourth-order valence-electron chi connectivity index (χ4n) is 5.24. The second-order valence-corrected chi connectivity index (χ2v) is 11.1. The maximum Gasteiger partial charge on any atom is 0.104 e. The predicted octanol–water partition coefficient (Wildman–Crippen LogP) is 7.58. The van der Waals surface area contributed by atoms with E-state index in [0.717, 1.165) is 22.1 Å². The molecule has 192 valence electrons. The van der Waals surface area contributed by atoms with E-state index in [2.05, 4.69) is 115 Å². The Morgan fingerprint density at radius 2 is 1.03 bits per heavy atom. The molecule has 0 saturated carbocycles. The van der Waals surface area contributed by atoms with E-state index in [1.54, 1.807) is 0 Å². The van der Waals surface area contributed by atoms with Crippen LogP contribution in [0.1, 0.15) is 48.0 Å². The van der Waals surface area contributed by atoms with Gasteiger partial charge in [0.1, 0.15) is 13.1 Å². The van der Waals surface area contributed by atoms with Gasteiger partial charge in [-0.25, -0.2) is 0 Å². The quantitative estimate of drug-likeness (QED) is 0.179. The van der Waals surface area contributed by atoms with Crippen molar-refractivity contribution in [1.29, 1.82) is 0 Å². The molecule has 0 heterocycles. The molecule has 2 unspecified atom stereocenters. The van der Waals surface area contributed by atoms with Gasteiger partial charge in [0.15, 0.2) is 0 Å². The molecule has 35 heavy (non-hydrogen) atoms. The molecular weight excluding hydrogens is 424 g/mol. The Labute approximate surface area is 217 Å². The molecule has 0 radical (unpaired) electrons. The van der Waals surface area contributed by atoms with Crippen molar-refractivity contribution < 1.29 is 8.97 Å². The van der Waals surface area contributed by atoms with Crippen LogP contribution in [0.4, 0.5) is 0 Å². The maximum atomic E-state index is 4.02. The lowest BCUT2D eigenvalue weighted by molar-refractivity contribution is -0.938. The zero-order valence-corrected chi connectivity index (χ0v) is 23.6. The summed E-state index contributed by atoms with van der Waals surface area (Å²) >= 11 is 0. The molecule has 0 spiro atoms. The number of rotatable bonds is 14. The lowest BCUT2D eigenvalue weighted by atomic mass is 9.90. The van der Waals surface area contributed by atoms with E-state index in [1.165, 1.54) is 56.8 Å². The number of likely N-dealkylation sites (N-methyl/N-ethyl adjacent to an activating group) is 2. The molecule has 2 heteroatoms. The summed E-state index contributed by atoms with van der Waals surface area (Å²) < 4.78 is 2.29. The lowest BCUT2D eigenvalue weighted by Crippen LogP contribution is -2.53. The van der Waals surface area contributed by atoms with Crippen molar-refractivity contribution in [2.24, 2.45) is 10.8 Å². The van der Waals surface area contributed by atoms with Crippen LogP contribution in [0.3, 0.4) is 0 Å². The van der Waals surface area contributed by atoms with Gasteiger partial charge in [-0.05, 0) is 41.5 Å². The first-order chi connectivity index (χ1) is 16.6. The SMILES string of the molecule is C=CC1(C)C=CC=C(C[N+](CC)(CC)CCC[N+](CC)(CC)CC2=CC=CC(C)(C=C)C=C2)C=C1. The summed E-state index contributed by atoms with van der Waals surface area (Å²) in [4.78, 5) is 0.